The minimum Gasteiger partial charge on any atom is -0.496 e. The lowest BCUT2D eigenvalue weighted by molar-refractivity contribution is 0.411. The molecule has 1 aromatic carbocycles. The van der Waals surface area contributed by atoms with Crippen molar-refractivity contribution >= 4 is 12.4 Å². The molecule has 0 unspecified atom stereocenters. The maximum Gasteiger partial charge on any atom is 0.122 e. The summed E-state index contributed by atoms with van der Waals surface area (Å²) in [5, 5.41) is 0. The number of benzene rings is 1. The molecule has 0 atom stereocenters. The van der Waals surface area contributed by atoms with Gasteiger partial charge in [0.2, 0.25) is 0 Å². The van der Waals surface area contributed by atoms with Crippen LogP contribution in [-0.2, 0) is 0 Å². The van der Waals surface area contributed by atoms with Crippen molar-refractivity contribution in [2.45, 2.75) is 20.8 Å². The van der Waals surface area contributed by atoms with Crippen molar-refractivity contribution in [3.05, 3.63) is 28.8 Å². The minimum atomic E-state index is 0. The molecule has 0 bridgehead atoms. The molecule has 0 N–H and O–H groups in total. The topological polar surface area (TPSA) is 9.23 Å². The van der Waals surface area contributed by atoms with Gasteiger partial charge in [0.05, 0.1) is 7.11 Å². The number of hydrogen-bond donors (Lipinski definition) is 0. The molecule has 1 aromatic rings. The molecular formula is C10H15ClO. The van der Waals surface area contributed by atoms with Crippen molar-refractivity contribution < 1.29 is 4.74 Å². The van der Waals surface area contributed by atoms with E-state index in [2.05, 4.69) is 26.8 Å². The zero-order valence-corrected chi connectivity index (χ0v) is 8.79. The Kier molecular flexibility index (Phi) is 4.11. The molecule has 0 aliphatic carbocycles. The Morgan fingerprint density at radius 3 is 2.08 bits per heavy atom. The van der Waals surface area contributed by atoms with Crippen LogP contribution in [0.25, 0.3) is 0 Å². The Morgan fingerprint density at radius 2 is 1.58 bits per heavy atom. The lowest BCUT2D eigenvalue weighted by atomic mass is 10.0. The molecular weight excluding hydrogens is 172 g/mol. The summed E-state index contributed by atoms with van der Waals surface area (Å²) in [5.74, 6) is 0.980. The van der Waals surface area contributed by atoms with Crippen LogP contribution in [0.1, 0.15) is 16.7 Å². The highest BCUT2D eigenvalue weighted by atomic mass is 35.5. The molecule has 1 nitrogen and oxygen atoms in total. The number of halogens is 1. The van der Waals surface area contributed by atoms with Crippen molar-refractivity contribution in [1.29, 1.82) is 0 Å². The van der Waals surface area contributed by atoms with Crippen LogP contribution in [0.4, 0.5) is 0 Å². The zero-order valence-electron chi connectivity index (χ0n) is 7.97. The highest BCUT2D eigenvalue weighted by Crippen LogP contribution is 2.22. The number of methoxy groups -OCH3 is 1. The van der Waals surface area contributed by atoms with E-state index in [4.69, 9.17) is 4.74 Å². The van der Waals surface area contributed by atoms with Crippen molar-refractivity contribution in [3.8, 4) is 5.75 Å². The molecule has 0 radical (unpaired) electrons. The van der Waals surface area contributed by atoms with Gasteiger partial charge in [0, 0.05) is 0 Å². The lowest BCUT2D eigenvalue weighted by Crippen LogP contribution is -1.91. The van der Waals surface area contributed by atoms with E-state index in [9.17, 15) is 0 Å². The van der Waals surface area contributed by atoms with Crippen LogP contribution in [0.5, 0.6) is 5.75 Å². The minimum absolute atomic E-state index is 0. The maximum absolute atomic E-state index is 5.18. The molecule has 12 heavy (non-hydrogen) atoms. The van der Waals surface area contributed by atoms with Gasteiger partial charge in [-0.05, 0) is 43.5 Å². The molecule has 1 rings (SSSR count). The third-order valence-electron chi connectivity index (χ3n) is 2.23. The van der Waals surface area contributed by atoms with E-state index in [1.807, 2.05) is 6.07 Å². The molecule has 0 heterocycles. The number of hydrogen-bond acceptors (Lipinski definition) is 1. The predicted octanol–water partition coefficient (Wildman–Crippen LogP) is 3.04. The van der Waals surface area contributed by atoms with Gasteiger partial charge >= 0.3 is 0 Å². The second-order valence-electron chi connectivity index (χ2n) is 2.83. The molecule has 0 aromatic heterocycles. The highest BCUT2D eigenvalue weighted by Gasteiger charge is 2.01. The average molecular weight is 187 g/mol. The van der Waals surface area contributed by atoms with E-state index < -0.39 is 0 Å². The van der Waals surface area contributed by atoms with E-state index in [-0.39, 0.29) is 12.4 Å². The van der Waals surface area contributed by atoms with Gasteiger partial charge in [-0.3, -0.25) is 0 Å². The summed E-state index contributed by atoms with van der Waals surface area (Å²) in [5.41, 5.74) is 3.89. The van der Waals surface area contributed by atoms with E-state index in [1.54, 1.807) is 7.11 Å². The second kappa shape index (κ2) is 4.36. The van der Waals surface area contributed by atoms with Gasteiger partial charge in [-0.25, -0.2) is 0 Å². The van der Waals surface area contributed by atoms with Gasteiger partial charge in [0.15, 0.2) is 0 Å². The van der Waals surface area contributed by atoms with Crippen LogP contribution < -0.4 is 4.74 Å². The molecule has 0 fully saturated rings. The SMILES string of the molecule is COc1ccc(C)c(C)c1C.Cl. The molecule has 0 saturated carbocycles. The first kappa shape index (κ1) is 11.3. The number of aryl methyl sites for hydroxylation is 1. The van der Waals surface area contributed by atoms with Gasteiger partial charge in [-0.2, -0.15) is 0 Å². The molecule has 68 valence electrons. The average Bonchev–Trinajstić information content (AvgIpc) is 2.01. The first-order valence-electron chi connectivity index (χ1n) is 3.77. The van der Waals surface area contributed by atoms with E-state index >= 15 is 0 Å². The molecule has 0 aliphatic heterocycles. The smallest absolute Gasteiger partial charge is 0.122 e. The fourth-order valence-electron chi connectivity index (χ4n) is 1.15. The molecule has 0 saturated heterocycles. The number of ether oxygens (including phenoxy) is 1. The van der Waals surface area contributed by atoms with Gasteiger partial charge in [0.1, 0.15) is 5.75 Å². The third kappa shape index (κ3) is 1.92. The third-order valence-corrected chi connectivity index (χ3v) is 2.23. The normalized spacial score (nSPS) is 9.00. The summed E-state index contributed by atoms with van der Waals surface area (Å²) < 4.78 is 5.18. The van der Waals surface area contributed by atoms with Gasteiger partial charge < -0.3 is 4.74 Å². The first-order valence-corrected chi connectivity index (χ1v) is 3.77. The maximum atomic E-state index is 5.18. The monoisotopic (exact) mass is 186 g/mol. The summed E-state index contributed by atoms with van der Waals surface area (Å²) in [6.45, 7) is 6.32. The van der Waals surface area contributed by atoms with Crippen molar-refractivity contribution in [2.75, 3.05) is 7.11 Å². The Balaban J connectivity index is 0.00000121. The molecule has 0 spiro atoms. The largest absolute Gasteiger partial charge is 0.496 e. The van der Waals surface area contributed by atoms with Crippen LogP contribution in [0.3, 0.4) is 0 Å². The Hall–Kier alpha value is -0.690. The summed E-state index contributed by atoms with van der Waals surface area (Å²) in [6, 6.07) is 4.10. The van der Waals surface area contributed by atoms with Gasteiger partial charge in [0.25, 0.3) is 0 Å². The summed E-state index contributed by atoms with van der Waals surface area (Å²) in [4.78, 5) is 0. The standard InChI is InChI=1S/C10H14O.ClH/c1-7-5-6-10(11-4)9(3)8(7)2;/h5-6H,1-4H3;1H. The Bertz CT molecular complexity index is 269. The second-order valence-corrected chi connectivity index (χ2v) is 2.83. The molecule has 0 amide bonds. The van der Waals surface area contributed by atoms with Crippen molar-refractivity contribution in [2.24, 2.45) is 0 Å². The summed E-state index contributed by atoms with van der Waals surface area (Å²) >= 11 is 0. The van der Waals surface area contributed by atoms with Crippen LogP contribution >= 0.6 is 12.4 Å². The highest BCUT2D eigenvalue weighted by molar-refractivity contribution is 5.85. The summed E-state index contributed by atoms with van der Waals surface area (Å²) in [7, 11) is 1.71. The zero-order chi connectivity index (χ0) is 8.43. The predicted molar refractivity (Wildman–Crippen MR) is 54.5 cm³/mol. The van der Waals surface area contributed by atoms with Crippen molar-refractivity contribution in [1.82, 2.24) is 0 Å². The van der Waals surface area contributed by atoms with Crippen LogP contribution in [0, 0.1) is 20.8 Å². The lowest BCUT2D eigenvalue weighted by Gasteiger charge is -2.08. The summed E-state index contributed by atoms with van der Waals surface area (Å²) in [6.07, 6.45) is 0. The van der Waals surface area contributed by atoms with Crippen LogP contribution in [0.2, 0.25) is 0 Å². The fourth-order valence-corrected chi connectivity index (χ4v) is 1.15. The Labute approximate surface area is 80.2 Å². The van der Waals surface area contributed by atoms with Gasteiger partial charge in [-0.15, -0.1) is 12.4 Å². The Morgan fingerprint density at radius 1 is 1.00 bits per heavy atom. The number of rotatable bonds is 1. The van der Waals surface area contributed by atoms with Crippen LogP contribution in [-0.4, -0.2) is 7.11 Å². The van der Waals surface area contributed by atoms with Gasteiger partial charge in [-0.1, -0.05) is 6.07 Å². The van der Waals surface area contributed by atoms with Crippen molar-refractivity contribution in [3.63, 3.8) is 0 Å². The van der Waals surface area contributed by atoms with E-state index in [1.165, 1.54) is 16.7 Å². The molecule has 0 aliphatic rings. The van der Waals surface area contributed by atoms with E-state index in [0.717, 1.165) is 5.75 Å². The quantitative estimate of drug-likeness (QED) is 0.655. The molecule has 2 heteroatoms. The first-order chi connectivity index (χ1) is 5.16. The van der Waals surface area contributed by atoms with Crippen LogP contribution in [0.15, 0.2) is 12.1 Å². The fraction of sp³-hybridized carbons (Fsp3) is 0.400. The van der Waals surface area contributed by atoms with E-state index in [0.29, 0.717) is 0 Å².